The van der Waals surface area contributed by atoms with E-state index in [0.717, 1.165) is 55.7 Å². The van der Waals surface area contributed by atoms with Gasteiger partial charge in [-0.2, -0.15) is 0 Å². The van der Waals surface area contributed by atoms with Gasteiger partial charge >= 0.3 is 0 Å². The molecule has 0 saturated carbocycles. The molecule has 0 unspecified atom stereocenters. The van der Waals surface area contributed by atoms with Crippen molar-refractivity contribution in [2.45, 2.75) is 0 Å². The average Bonchev–Trinajstić information content (AvgIpc) is 3.92. The Balaban J connectivity index is 0.988. The van der Waals surface area contributed by atoms with E-state index in [-0.39, 0.29) is 0 Å². The summed E-state index contributed by atoms with van der Waals surface area (Å²) in [5.41, 5.74) is 7.58. The number of aromatic nitrogens is 3. The van der Waals surface area contributed by atoms with Crippen LogP contribution in [0.25, 0.3) is 109 Å². The molecule has 3 heterocycles. The van der Waals surface area contributed by atoms with Crippen LogP contribution in [-0.4, -0.2) is 15.0 Å². The summed E-state index contributed by atoms with van der Waals surface area (Å²) in [7, 11) is 0. The van der Waals surface area contributed by atoms with E-state index in [2.05, 4.69) is 150 Å². The van der Waals surface area contributed by atoms with Gasteiger partial charge in [0.15, 0.2) is 17.5 Å². The van der Waals surface area contributed by atoms with Crippen molar-refractivity contribution in [1.82, 2.24) is 15.0 Å². The molecule has 3 aromatic heterocycles. The lowest BCUT2D eigenvalue weighted by Crippen LogP contribution is -2.10. The molecule has 0 aliphatic carbocycles. The Bertz CT molecular complexity index is 3860. The molecule has 294 valence electrons. The zero-order valence-corrected chi connectivity index (χ0v) is 34.6. The molecule has 0 amide bonds. The van der Waals surface area contributed by atoms with Crippen molar-refractivity contribution in [2.75, 3.05) is 4.90 Å². The molecule has 0 N–H and O–H groups in total. The fourth-order valence-electron chi connectivity index (χ4n) is 9.33. The highest BCUT2D eigenvalue weighted by atomic mass is 32.1. The minimum atomic E-state index is 0.615. The first-order valence-corrected chi connectivity index (χ1v) is 21.9. The molecule has 0 fully saturated rings. The quantitative estimate of drug-likeness (QED) is 0.156. The van der Waals surface area contributed by atoms with E-state index in [4.69, 9.17) is 19.4 Å². The minimum absolute atomic E-state index is 0.615. The molecule has 13 rings (SSSR count). The number of anilines is 3. The van der Waals surface area contributed by atoms with E-state index in [0.29, 0.717) is 17.5 Å². The number of hydrogen-bond donors (Lipinski definition) is 0. The van der Waals surface area contributed by atoms with Crippen LogP contribution < -0.4 is 4.90 Å². The highest BCUT2D eigenvalue weighted by molar-refractivity contribution is 7.26. The van der Waals surface area contributed by atoms with E-state index < -0.39 is 0 Å². The van der Waals surface area contributed by atoms with Crippen molar-refractivity contribution in [3.05, 3.63) is 206 Å². The fraction of sp³-hybridized carbons (Fsp3) is 0. The first kappa shape index (κ1) is 35.6. The van der Waals surface area contributed by atoms with Crippen LogP contribution in [0.5, 0.6) is 0 Å². The van der Waals surface area contributed by atoms with Crippen LogP contribution >= 0.6 is 11.3 Å². The Morgan fingerprint density at radius 3 is 1.46 bits per heavy atom. The van der Waals surface area contributed by atoms with Crippen molar-refractivity contribution in [2.24, 2.45) is 0 Å². The van der Waals surface area contributed by atoms with Gasteiger partial charge in [0.25, 0.3) is 0 Å². The van der Waals surface area contributed by atoms with Crippen LogP contribution in [0.2, 0.25) is 0 Å². The maximum absolute atomic E-state index is 6.85. The van der Waals surface area contributed by atoms with Crippen LogP contribution in [0, 0.1) is 0 Å². The van der Waals surface area contributed by atoms with E-state index >= 15 is 0 Å². The molecule has 0 aliphatic rings. The number of thiophene rings is 1. The van der Waals surface area contributed by atoms with E-state index in [1.54, 1.807) is 0 Å². The normalized spacial score (nSPS) is 11.8. The second-order valence-electron chi connectivity index (χ2n) is 15.9. The van der Waals surface area contributed by atoms with Crippen molar-refractivity contribution >= 4 is 103 Å². The number of benzene rings is 10. The average molecular weight is 823 g/mol. The molecule has 0 spiro atoms. The summed E-state index contributed by atoms with van der Waals surface area (Å²) in [4.78, 5) is 17.3. The lowest BCUT2D eigenvalue weighted by Gasteiger charge is -2.26. The maximum atomic E-state index is 6.85. The molecule has 5 nitrogen and oxygen atoms in total. The van der Waals surface area contributed by atoms with Gasteiger partial charge in [0.1, 0.15) is 11.2 Å². The van der Waals surface area contributed by atoms with Gasteiger partial charge in [-0.1, -0.05) is 140 Å². The van der Waals surface area contributed by atoms with Crippen LogP contribution in [-0.2, 0) is 0 Å². The highest BCUT2D eigenvalue weighted by Gasteiger charge is 2.21. The van der Waals surface area contributed by atoms with Gasteiger partial charge in [0, 0.05) is 60.4 Å². The summed E-state index contributed by atoms with van der Waals surface area (Å²) in [5, 5.41) is 12.1. The number of fused-ring (bicyclic) bond motifs is 12. The molecular weight excluding hydrogens is 789 g/mol. The number of rotatable bonds is 6. The second-order valence-corrected chi connectivity index (χ2v) is 17.0. The third-order valence-electron chi connectivity index (χ3n) is 12.3. The SMILES string of the molecule is c1ccc(-c2nc(-c3ccccc3)nc(-c3ccc(N(c4ccc5c(c4)oc4cc6c7ccccc7c7ccccc7c6cc45)c4cccc5c4sc4ccccc45)cc3)n2)cc1. The van der Waals surface area contributed by atoms with Gasteiger partial charge in [-0.05, 0) is 93.0 Å². The molecule has 0 atom stereocenters. The monoisotopic (exact) mass is 822 g/mol. The topological polar surface area (TPSA) is 55.1 Å². The lowest BCUT2D eigenvalue weighted by molar-refractivity contribution is 0.669. The summed E-state index contributed by atoms with van der Waals surface area (Å²) in [6.45, 7) is 0. The Hall–Kier alpha value is -8.19. The van der Waals surface area contributed by atoms with E-state index in [1.165, 1.54) is 52.5 Å². The Morgan fingerprint density at radius 1 is 0.333 bits per heavy atom. The lowest BCUT2D eigenvalue weighted by atomic mass is 9.93. The third kappa shape index (κ3) is 5.80. The third-order valence-corrected chi connectivity index (χ3v) is 13.5. The van der Waals surface area contributed by atoms with Gasteiger partial charge in [-0.15, -0.1) is 11.3 Å². The molecule has 0 saturated heterocycles. The molecule has 0 bridgehead atoms. The highest BCUT2D eigenvalue weighted by Crippen LogP contribution is 2.47. The number of hydrogen-bond acceptors (Lipinski definition) is 6. The maximum Gasteiger partial charge on any atom is 0.164 e. The first-order chi connectivity index (χ1) is 31.2. The molecule has 63 heavy (non-hydrogen) atoms. The predicted molar refractivity (Wildman–Crippen MR) is 264 cm³/mol. The molecule has 6 heteroatoms. The first-order valence-electron chi connectivity index (χ1n) is 21.1. The van der Waals surface area contributed by atoms with Crippen LogP contribution in [0.4, 0.5) is 17.1 Å². The van der Waals surface area contributed by atoms with Gasteiger partial charge < -0.3 is 9.32 Å². The largest absolute Gasteiger partial charge is 0.456 e. The summed E-state index contributed by atoms with van der Waals surface area (Å²) < 4.78 is 9.32. The smallest absolute Gasteiger partial charge is 0.164 e. The van der Waals surface area contributed by atoms with Crippen LogP contribution in [0.1, 0.15) is 0 Å². The second kappa shape index (κ2) is 14.2. The number of nitrogens with zero attached hydrogens (tertiary/aromatic N) is 4. The van der Waals surface area contributed by atoms with Gasteiger partial charge in [0.05, 0.1) is 10.4 Å². The Labute approximate surface area is 365 Å². The van der Waals surface area contributed by atoms with Crippen LogP contribution in [0.3, 0.4) is 0 Å². The summed E-state index contributed by atoms with van der Waals surface area (Å²) in [6, 6.07) is 72.7. The summed E-state index contributed by atoms with van der Waals surface area (Å²) in [6.07, 6.45) is 0. The van der Waals surface area contributed by atoms with Crippen molar-refractivity contribution in [3.8, 4) is 34.2 Å². The minimum Gasteiger partial charge on any atom is -0.456 e. The number of furan rings is 1. The molecular formula is C57H34N4OS. The Kier molecular flexibility index (Phi) is 8.01. The zero-order valence-electron chi connectivity index (χ0n) is 33.7. The standard InChI is InChI=1S/C57H34N4OS/c1-3-14-35(15-4-1)55-58-56(36-16-5-2-6-17-36)60-57(59-55)37-26-28-38(29-27-37)61(50-24-13-23-46-45-22-11-12-25-53(45)63-54(46)50)39-30-31-44-49-33-47-42-20-9-7-18-40(42)41-19-8-10-21-43(41)48(47)34-52(49)62-51(44)32-39/h1-34H. The van der Waals surface area contributed by atoms with Gasteiger partial charge in [-0.25, -0.2) is 15.0 Å². The molecule has 0 aliphatic heterocycles. The summed E-state index contributed by atoms with van der Waals surface area (Å²) in [5.74, 6) is 1.88. The van der Waals surface area contributed by atoms with Crippen molar-refractivity contribution in [1.29, 1.82) is 0 Å². The Morgan fingerprint density at radius 2 is 0.825 bits per heavy atom. The van der Waals surface area contributed by atoms with E-state index in [9.17, 15) is 0 Å². The van der Waals surface area contributed by atoms with Crippen molar-refractivity contribution in [3.63, 3.8) is 0 Å². The fourth-order valence-corrected chi connectivity index (χ4v) is 10.5. The van der Waals surface area contributed by atoms with Crippen molar-refractivity contribution < 1.29 is 4.42 Å². The molecule has 0 radical (unpaired) electrons. The van der Waals surface area contributed by atoms with E-state index in [1.807, 2.05) is 72.0 Å². The molecule has 10 aromatic carbocycles. The van der Waals surface area contributed by atoms with Gasteiger partial charge in [-0.3, -0.25) is 0 Å². The van der Waals surface area contributed by atoms with Gasteiger partial charge in [0.2, 0.25) is 0 Å². The zero-order chi connectivity index (χ0) is 41.4. The molecule has 13 aromatic rings. The summed E-state index contributed by atoms with van der Waals surface area (Å²) >= 11 is 1.82. The van der Waals surface area contributed by atoms with Crippen LogP contribution in [0.15, 0.2) is 211 Å². The predicted octanol–water partition coefficient (Wildman–Crippen LogP) is 16.1.